The summed E-state index contributed by atoms with van der Waals surface area (Å²) in [4.78, 5) is 35.2. The van der Waals surface area contributed by atoms with Gasteiger partial charge in [0.1, 0.15) is 0 Å². The van der Waals surface area contributed by atoms with E-state index in [1.54, 1.807) is 36.4 Å². The molecule has 2 aromatic rings. The highest BCUT2D eigenvalue weighted by molar-refractivity contribution is 6.12. The van der Waals surface area contributed by atoms with Gasteiger partial charge in [0.15, 0.2) is 0 Å². The van der Waals surface area contributed by atoms with Crippen molar-refractivity contribution in [2.24, 2.45) is 0 Å². The van der Waals surface area contributed by atoms with Crippen molar-refractivity contribution in [3.05, 3.63) is 65.2 Å². The first-order valence-corrected chi connectivity index (χ1v) is 6.49. The molecule has 0 aliphatic carbocycles. The van der Waals surface area contributed by atoms with Gasteiger partial charge < -0.3 is 15.7 Å². The molecule has 0 radical (unpaired) electrons. The van der Waals surface area contributed by atoms with Crippen LogP contribution in [0.1, 0.15) is 31.1 Å². The van der Waals surface area contributed by atoms with Gasteiger partial charge in [-0.3, -0.25) is 9.59 Å². The zero-order valence-corrected chi connectivity index (χ0v) is 11.8. The summed E-state index contributed by atoms with van der Waals surface area (Å²) in [5, 5.41) is 14.2. The molecule has 0 aliphatic rings. The summed E-state index contributed by atoms with van der Waals surface area (Å²) in [6.07, 6.45) is 0. The monoisotopic (exact) mass is 298 g/mol. The molecule has 3 N–H and O–H groups in total. The smallest absolute Gasteiger partial charge is 0.336 e. The van der Waals surface area contributed by atoms with Crippen LogP contribution in [0, 0.1) is 0 Å². The molecule has 2 aromatic carbocycles. The van der Waals surface area contributed by atoms with Crippen LogP contribution in [0.25, 0.3) is 0 Å². The number of carboxylic acid groups (broad SMARTS) is 1. The Labute approximate surface area is 126 Å². The number of nitrogens with one attached hydrogen (secondary N) is 2. The van der Waals surface area contributed by atoms with Gasteiger partial charge >= 0.3 is 5.97 Å². The van der Waals surface area contributed by atoms with Crippen molar-refractivity contribution in [3.63, 3.8) is 0 Å². The van der Waals surface area contributed by atoms with E-state index in [-0.39, 0.29) is 17.0 Å². The summed E-state index contributed by atoms with van der Waals surface area (Å²) in [6.45, 7) is 0. The van der Waals surface area contributed by atoms with Crippen LogP contribution in [0.2, 0.25) is 0 Å². The van der Waals surface area contributed by atoms with Crippen LogP contribution in [0.5, 0.6) is 0 Å². The van der Waals surface area contributed by atoms with E-state index in [0.29, 0.717) is 11.3 Å². The van der Waals surface area contributed by atoms with Gasteiger partial charge in [0.25, 0.3) is 11.8 Å². The topological polar surface area (TPSA) is 95.5 Å². The van der Waals surface area contributed by atoms with Gasteiger partial charge in [-0.15, -0.1) is 0 Å². The highest BCUT2D eigenvalue weighted by atomic mass is 16.4. The molecule has 6 heteroatoms. The lowest BCUT2D eigenvalue weighted by Gasteiger charge is -2.11. The van der Waals surface area contributed by atoms with Crippen molar-refractivity contribution in [2.75, 3.05) is 12.4 Å². The van der Waals surface area contributed by atoms with E-state index in [1.807, 2.05) is 0 Å². The molecule has 22 heavy (non-hydrogen) atoms. The second kappa shape index (κ2) is 6.53. The van der Waals surface area contributed by atoms with E-state index in [0.717, 1.165) is 0 Å². The normalized spacial score (nSPS) is 9.86. The van der Waals surface area contributed by atoms with Crippen LogP contribution in [0.4, 0.5) is 5.69 Å². The minimum atomic E-state index is -1.19. The Morgan fingerprint density at radius 1 is 0.818 bits per heavy atom. The summed E-state index contributed by atoms with van der Waals surface area (Å²) in [5.41, 5.74) is 0.539. The van der Waals surface area contributed by atoms with Gasteiger partial charge in [-0.25, -0.2) is 4.79 Å². The Balaban J connectivity index is 2.35. The fraction of sp³-hybridized carbons (Fsp3) is 0.0625. The van der Waals surface area contributed by atoms with Crippen molar-refractivity contribution in [1.82, 2.24) is 5.32 Å². The predicted octanol–water partition coefficient (Wildman–Crippen LogP) is 2.00. The number of carbonyl (C=O) groups is 3. The third kappa shape index (κ3) is 3.12. The summed E-state index contributed by atoms with van der Waals surface area (Å²) in [7, 11) is 1.49. The predicted molar refractivity (Wildman–Crippen MR) is 81.2 cm³/mol. The number of amides is 2. The molecule has 2 rings (SSSR count). The van der Waals surface area contributed by atoms with Crippen molar-refractivity contribution < 1.29 is 19.5 Å². The summed E-state index contributed by atoms with van der Waals surface area (Å²) >= 11 is 0. The van der Waals surface area contributed by atoms with Gasteiger partial charge in [0.2, 0.25) is 0 Å². The molecule has 0 saturated heterocycles. The minimum Gasteiger partial charge on any atom is -0.478 e. The van der Waals surface area contributed by atoms with Gasteiger partial charge in [-0.05, 0) is 24.3 Å². The van der Waals surface area contributed by atoms with E-state index < -0.39 is 11.9 Å². The lowest BCUT2D eigenvalue weighted by molar-refractivity contribution is 0.0692. The number of aromatic carboxylic acids is 1. The molecule has 0 bridgehead atoms. The standard InChI is InChI=1S/C16H14N2O4/c1-17-14(19)12-8-4-5-9-13(12)18-15(20)10-6-2-3-7-11(10)16(21)22/h2-9H,1H3,(H,17,19)(H,18,20)(H,21,22). The fourth-order valence-electron chi connectivity index (χ4n) is 1.98. The maximum atomic E-state index is 12.3. The maximum absolute atomic E-state index is 12.3. The quantitative estimate of drug-likeness (QED) is 0.804. The van der Waals surface area contributed by atoms with Crippen molar-refractivity contribution in [1.29, 1.82) is 0 Å². The molecule has 0 saturated carbocycles. The van der Waals surface area contributed by atoms with Crippen LogP contribution in [-0.4, -0.2) is 29.9 Å². The number of para-hydroxylation sites is 1. The summed E-state index contributed by atoms with van der Waals surface area (Å²) in [6, 6.07) is 12.4. The van der Waals surface area contributed by atoms with Crippen LogP contribution >= 0.6 is 0 Å². The summed E-state index contributed by atoms with van der Waals surface area (Å²) < 4.78 is 0. The Bertz CT molecular complexity index is 740. The fourth-order valence-corrected chi connectivity index (χ4v) is 1.98. The van der Waals surface area contributed by atoms with Crippen LogP contribution < -0.4 is 10.6 Å². The van der Waals surface area contributed by atoms with Crippen molar-refractivity contribution >= 4 is 23.5 Å². The van der Waals surface area contributed by atoms with Crippen LogP contribution in [-0.2, 0) is 0 Å². The lowest BCUT2D eigenvalue weighted by atomic mass is 10.1. The molecule has 112 valence electrons. The maximum Gasteiger partial charge on any atom is 0.336 e. The molecule has 2 amide bonds. The van der Waals surface area contributed by atoms with E-state index in [1.165, 1.54) is 19.2 Å². The third-order valence-corrected chi connectivity index (χ3v) is 3.05. The molecule has 0 unspecified atom stereocenters. The van der Waals surface area contributed by atoms with Crippen molar-refractivity contribution in [2.45, 2.75) is 0 Å². The van der Waals surface area contributed by atoms with Gasteiger partial charge in [-0.1, -0.05) is 24.3 Å². The minimum absolute atomic E-state index is 0.0294. The zero-order chi connectivity index (χ0) is 16.1. The number of carbonyl (C=O) groups excluding carboxylic acids is 2. The second-order valence-electron chi connectivity index (χ2n) is 4.43. The summed E-state index contributed by atoms with van der Waals surface area (Å²) in [5.74, 6) is -2.12. The van der Waals surface area contributed by atoms with Crippen molar-refractivity contribution in [3.8, 4) is 0 Å². The van der Waals surface area contributed by atoms with Crippen LogP contribution in [0.3, 0.4) is 0 Å². The Morgan fingerprint density at radius 2 is 1.36 bits per heavy atom. The second-order valence-corrected chi connectivity index (χ2v) is 4.43. The Hall–Kier alpha value is -3.15. The number of anilines is 1. The molecule has 0 aromatic heterocycles. The molecule has 0 atom stereocenters. The first-order valence-electron chi connectivity index (χ1n) is 6.49. The van der Waals surface area contributed by atoms with E-state index in [4.69, 9.17) is 5.11 Å². The van der Waals surface area contributed by atoms with E-state index >= 15 is 0 Å². The van der Waals surface area contributed by atoms with Gasteiger partial charge in [0, 0.05) is 7.05 Å². The molecule has 6 nitrogen and oxygen atoms in total. The largest absolute Gasteiger partial charge is 0.478 e. The highest BCUT2D eigenvalue weighted by Gasteiger charge is 2.18. The molecular formula is C16H14N2O4. The van der Waals surface area contributed by atoms with E-state index in [9.17, 15) is 14.4 Å². The Kier molecular flexibility index (Phi) is 4.53. The zero-order valence-electron chi connectivity index (χ0n) is 11.8. The van der Waals surface area contributed by atoms with Gasteiger partial charge in [0.05, 0.1) is 22.4 Å². The molecule has 0 heterocycles. The number of benzene rings is 2. The first-order chi connectivity index (χ1) is 10.5. The first kappa shape index (κ1) is 15.2. The molecule has 0 aliphatic heterocycles. The number of rotatable bonds is 4. The van der Waals surface area contributed by atoms with Gasteiger partial charge in [-0.2, -0.15) is 0 Å². The third-order valence-electron chi connectivity index (χ3n) is 3.05. The molecule has 0 spiro atoms. The number of hydrogen-bond donors (Lipinski definition) is 3. The lowest BCUT2D eigenvalue weighted by Crippen LogP contribution is -2.22. The number of carboxylic acids is 1. The average molecular weight is 298 g/mol. The average Bonchev–Trinajstić information content (AvgIpc) is 2.54. The Morgan fingerprint density at radius 3 is 1.95 bits per heavy atom. The number of hydrogen-bond acceptors (Lipinski definition) is 3. The molecular weight excluding hydrogens is 284 g/mol. The van der Waals surface area contributed by atoms with Crippen LogP contribution in [0.15, 0.2) is 48.5 Å². The highest BCUT2D eigenvalue weighted by Crippen LogP contribution is 2.17. The molecule has 0 fully saturated rings. The SMILES string of the molecule is CNC(=O)c1ccccc1NC(=O)c1ccccc1C(=O)O. The van der Waals surface area contributed by atoms with E-state index in [2.05, 4.69) is 10.6 Å².